The van der Waals surface area contributed by atoms with Gasteiger partial charge in [0.25, 0.3) is 11.4 Å². The van der Waals surface area contributed by atoms with E-state index in [2.05, 4.69) is 0 Å². The maximum atomic E-state index is 13.7. The summed E-state index contributed by atoms with van der Waals surface area (Å²) < 4.78 is 32.5. The molecule has 0 N–H and O–H groups in total. The fourth-order valence-corrected chi connectivity index (χ4v) is 2.82. The lowest BCUT2D eigenvalue weighted by Gasteiger charge is -2.15. The molecule has 0 saturated carbocycles. The molecule has 3 rings (SSSR count). The van der Waals surface area contributed by atoms with Crippen LogP contribution >= 0.6 is 0 Å². The Bertz CT molecular complexity index is 1200. The molecule has 0 spiro atoms. The zero-order chi connectivity index (χ0) is 23.3. The molecule has 0 fully saturated rings. The van der Waals surface area contributed by atoms with Gasteiger partial charge in [0, 0.05) is 12.1 Å². The van der Waals surface area contributed by atoms with Crippen LogP contribution in [0, 0.1) is 31.9 Å². The van der Waals surface area contributed by atoms with Crippen LogP contribution in [0.2, 0.25) is 0 Å². The van der Waals surface area contributed by atoms with Crippen LogP contribution in [-0.2, 0) is 4.74 Å². The summed E-state index contributed by atoms with van der Waals surface area (Å²) in [6, 6.07) is 13.1. The zero-order valence-electron chi connectivity index (χ0n) is 16.2. The average Bonchev–Trinajstić information content (AvgIpc) is 2.76. The lowest BCUT2D eigenvalue weighted by atomic mass is 10.1. The van der Waals surface area contributed by atoms with Gasteiger partial charge in [0.2, 0.25) is 0 Å². The van der Waals surface area contributed by atoms with Crippen LogP contribution in [0.3, 0.4) is 0 Å². The second-order valence-corrected chi connectivity index (χ2v) is 6.55. The molecule has 162 valence electrons. The van der Waals surface area contributed by atoms with Crippen LogP contribution in [0.25, 0.3) is 6.08 Å². The van der Waals surface area contributed by atoms with Crippen molar-refractivity contribution in [2.75, 3.05) is 0 Å². The summed E-state index contributed by atoms with van der Waals surface area (Å²) in [5.41, 5.74) is -1.08. The van der Waals surface area contributed by atoms with Gasteiger partial charge in [-0.2, -0.15) is 0 Å². The average molecular weight is 440 g/mol. The Labute approximate surface area is 179 Å². The molecule has 3 aromatic rings. The summed E-state index contributed by atoms with van der Waals surface area (Å²) in [7, 11) is 0. The second-order valence-electron chi connectivity index (χ2n) is 6.55. The van der Waals surface area contributed by atoms with E-state index in [-0.39, 0.29) is 5.56 Å². The van der Waals surface area contributed by atoms with Crippen LogP contribution in [0.4, 0.5) is 20.2 Å². The molecular formula is C22H14F2N2O6. The molecular weight excluding hydrogens is 426 g/mol. The summed E-state index contributed by atoms with van der Waals surface area (Å²) in [6.07, 6.45) is 1.65. The van der Waals surface area contributed by atoms with E-state index in [1.807, 2.05) is 0 Å². The van der Waals surface area contributed by atoms with Crippen molar-refractivity contribution >= 4 is 23.4 Å². The van der Waals surface area contributed by atoms with Gasteiger partial charge in [-0.25, -0.2) is 13.6 Å². The van der Waals surface area contributed by atoms with Crippen molar-refractivity contribution in [2.45, 2.75) is 6.10 Å². The topological polar surface area (TPSA) is 113 Å². The lowest BCUT2D eigenvalue weighted by molar-refractivity contribution is -0.394. The molecule has 0 saturated heterocycles. The number of hydrogen-bond acceptors (Lipinski definition) is 6. The van der Waals surface area contributed by atoms with E-state index in [4.69, 9.17) is 4.74 Å². The Morgan fingerprint density at radius 3 is 2.03 bits per heavy atom. The second kappa shape index (κ2) is 9.56. The van der Waals surface area contributed by atoms with E-state index < -0.39 is 50.5 Å². The first kappa shape index (κ1) is 22.2. The number of carbonyl (C=O) groups excluding carboxylic acids is 1. The SMILES string of the molecule is O=C(OC(/C=C/c1cccc(F)c1)c1cccc(F)c1)c1cc([N+](=O)[O-])cc([N+](=O)[O-])c1. The summed E-state index contributed by atoms with van der Waals surface area (Å²) in [4.78, 5) is 33.1. The van der Waals surface area contributed by atoms with Gasteiger partial charge < -0.3 is 4.74 Å². The van der Waals surface area contributed by atoms with Gasteiger partial charge in [-0.15, -0.1) is 0 Å². The highest BCUT2D eigenvalue weighted by molar-refractivity contribution is 5.91. The quantitative estimate of drug-likeness (QED) is 0.276. The molecule has 32 heavy (non-hydrogen) atoms. The number of benzene rings is 3. The van der Waals surface area contributed by atoms with E-state index in [0.29, 0.717) is 11.6 Å². The third-order valence-corrected chi connectivity index (χ3v) is 4.28. The zero-order valence-corrected chi connectivity index (χ0v) is 16.2. The molecule has 0 heterocycles. The van der Waals surface area contributed by atoms with Gasteiger partial charge in [-0.05, 0) is 41.5 Å². The van der Waals surface area contributed by atoms with Crippen LogP contribution < -0.4 is 0 Å². The fourth-order valence-electron chi connectivity index (χ4n) is 2.82. The van der Waals surface area contributed by atoms with Gasteiger partial charge in [-0.1, -0.05) is 30.3 Å². The van der Waals surface area contributed by atoms with Crippen molar-refractivity contribution < 1.29 is 28.2 Å². The van der Waals surface area contributed by atoms with Crippen LogP contribution in [0.1, 0.15) is 27.6 Å². The van der Waals surface area contributed by atoms with Gasteiger partial charge in [0.15, 0.2) is 0 Å². The molecule has 3 aromatic carbocycles. The highest BCUT2D eigenvalue weighted by atomic mass is 19.1. The van der Waals surface area contributed by atoms with Gasteiger partial charge >= 0.3 is 5.97 Å². The van der Waals surface area contributed by atoms with Gasteiger partial charge in [0.1, 0.15) is 17.7 Å². The Kier molecular flexibility index (Phi) is 6.64. The number of nitrogens with zero attached hydrogens (tertiary/aromatic N) is 2. The number of carbonyl (C=O) groups is 1. The molecule has 0 radical (unpaired) electrons. The summed E-state index contributed by atoms with van der Waals surface area (Å²) >= 11 is 0. The highest BCUT2D eigenvalue weighted by Gasteiger charge is 2.23. The van der Waals surface area contributed by atoms with E-state index in [1.54, 1.807) is 6.07 Å². The first-order valence-corrected chi connectivity index (χ1v) is 9.07. The molecule has 1 unspecified atom stereocenters. The predicted octanol–water partition coefficient (Wildman–Crippen LogP) is 5.39. The van der Waals surface area contributed by atoms with Gasteiger partial charge in [-0.3, -0.25) is 20.2 Å². The van der Waals surface area contributed by atoms with E-state index >= 15 is 0 Å². The highest BCUT2D eigenvalue weighted by Crippen LogP contribution is 2.27. The summed E-state index contributed by atoms with van der Waals surface area (Å²) in [5.74, 6) is -2.20. The van der Waals surface area contributed by atoms with Crippen molar-refractivity contribution in [1.82, 2.24) is 0 Å². The number of nitro groups is 2. The molecule has 0 aliphatic carbocycles. The number of nitro benzene ring substituents is 2. The molecule has 8 nitrogen and oxygen atoms in total. The Balaban J connectivity index is 1.96. The third kappa shape index (κ3) is 5.57. The molecule has 0 amide bonds. The predicted molar refractivity (Wildman–Crippen MR) is 110 cm³/mol. The molecule has 0 aliphatic rings. The Morgan fingerprint density at radius 2 is 1.47 bits per heavy atom. The van der Waals surface area contributed by atoms with E-state index in [0.717, 1.165) is 18.2 Å². The van der Waals surface area contributed by atoms with Crippen molar-refractivity contribution in [3.05, 3.63) is 121 Å². The van der Waals surface area contributed by atoms with Crippen LogP contribution in [-0.4, -0.2) is 15.8 Å². The smallest absolute Gasteiger partial charge is 0.339 e. The van der Waals surface area contributed by atoms with Crippen molar-refractivity contribution in [1.29, 1.82) is 0 Å². The number of halogens is 2. The number of non-ortho nitro benzene ring substituents is 2. The monoisotopic (exact) mass is 440 g/mol. The van der Waals surface area contributed by atoms with Gasteiger partial charge in [0.05, 0.1) is 21.5 Å². The number of hydrogen-bond donors (Lipinski definition) is 0. The molecule has 10 heteroatoms. The first-order valence-electron chi connectivity index (χ1n) is 9.07. The molecule has 0 aliphatic heterocycles. The number of rotatable bonds is 7. The number of esters is 1. The minimum atomic E-state index is -1.17. The maximum Gasteiger partial charge on any atom is 0.339 e. The maximum absolute atomic E-state index is 13.7. The fraction of sp³-hybridized carbons (Fsp3) is 0.0455. The standard InChI is InChI=1S/C22H14F2N2O6/c23-17-5-1-3-14(9-17)7-8-21(15-4-2-6-18(24)10-15)32-22(27)16-11-19(25(28)29)13-20(12-16)26(30)31/h1-13,21H/b8-7+. The normalized spacial score (nSPS) is 11.8. The van der Waals surface area contributed by atoms with E-state index in [1.165, 1.54) is 48.6 Å². The minimum Gasteiger partial charge on any atom is -0.450 e. The first-order chi connectivity index (χ1) is 15.2. The minimum absolute atomic E-state index is 0.228. The van der Waals surface area contributed by atoms with E-state index in [9.17, 15) is 33.8 Å². The molecule has 1 atom stereocenters. The Morgan fingerprint density at radius 1 is 0.875 bits per heavy atom. The van der Waals surface area contributed by atoms with Crippen molar-refractivity contribution in [3.63, 3.8) is 0 Å². The molecule has 0 aromatic heterocycles. The summed E-state index contributed by atoms with van der Waals surface area (Å²) in [6.45, 7) is 0. The van der Waals surface area contributed by atoms with Crippen molar-refractivity contribution in [2.24, 2.45) is 0 Å². The van der Waals surface area contributed by atoms with Crippen molar-refractivity contribution in [3.8, 4) is 0 Å². The molecule has 0 bridgehead atoms. The van der Waals surface area contributed by atoms with Crippen LogP contribution in [0.5, 0.6) is 0 Å². The van der Waals surface area contributed by atoms with Crippen LogP contribution in [0.15, 0.2) is 72.8 Å². The summed E-state index contributed by atoms with van der Waals surface area (Å²) in [5, 5.41) is 22.1. The Hall–Kier alpha value is -4.47. The lowest BCUT2D eigenvalue weighted by Crippen LogP contribution is -2.11. The number of ether oxygens (including phenoxy) is 1. The third-order valence-electron chi connectivity index (χ3n) is 4.28. The largest absolute Gasteiger partial charge is 0.450 e.